The van der Waals surface area contributed by atoms with Crippen LogP contribution in [0.2, 0.25) is 0 Å². The molecule has 2 N–H and O–H groups in total. The highest BCUT2D eigenvalue weighted by Crippen LogP contribution is 2.29. The van der Waals surface area contributed by atoms with Crippen molar-refractivity contribution in [3.8, 4) is 0 Å². The van der Waals surface area contributed by atoms with Crippen LogP contribution < -0.4 is 5.32 Å². The molecule has 1 aromatic rings. The van der Waals surface area contributed by atoms with Gasteiger partial charge in [0, 0.05) is 25.4 Å². The van der Waals surface area contributed by atoms with Crippen LogP contribution in [-0.2, 0) is 26.3 Å². The highest BCUT2D eigenvalue weighted by molar-refractivity contribution is 7.85. The first-order valence-electron chi connectivity index (χ1n) is 10.2. The van der Waals surface area contributed by atoms with E-state index in [1.807, 2.05) is 0 Å². The normalized spacial score (nSPS) is 26.9. The van der Waals surface area contributed by atoms with Crippen LogP contribution in [0, 0.1) is 5.92 Å². The first-order valence-corrected chi connectivity index (χ1v) is 11.8. The molecule has 10 nitrogen and oxygen atoms in total. The van der Waals surface area contributed by atoms with Gasteiger partial charge in [-0.25, -0.2) is 4.39 Å². The van der Waals surface area contributed by atoms with Gasteiger partial charge in [-0.05, 0) is 37.1 Å². The van der Waals surface area contributed by atoms with E-state index in [0.29, 0.717) is 12.1 Å². The number of fused-ring (bicyclic) bond motifs is 1. The lowest BCUT2D eigenvalue weighted by atomic mass is 9.96. The van der Waals surface area contributed by atoms with Gasteiger partial charge in [0.2, 0.25) is 11.8 Å². The molecule has 0 aliphatic carbocycles. The Hall–Kier alpha value is -2.70. The Bertz CT molecular complexity index is 1110. The molecule has 1 aromatic carbocycles. The van der Waals surface area contributed by atoms with E-state index in [1.165, 1.54) is 6.07 Å². The van der Waals surface area contributed by atoms with Crippen LogP contribution in [0.5, 0.6) is 0 Å². The minimum atomic E-state index is -4.25. The van der Waals surface area contributed by atoms with Crippen molar-refractivity contribution in [3.05, 3.63) is 34.9 Å². The van der Waals surface area contributed by atoms with Crippen molar-refractivity contribution >= 4 is 33.7 Å². The maximum atomic E-state index is 14.4. The van der Waals surface area contributed by atoms with Gasteiger partial charge in [0.1, 0.15) is 12.2 Å². The number of nitrogens with zero attached hydrogens (tertiary/aromatic N) is 2. The van der Waals surface area contributed by atoms with Crippen molar-refractivity contribution in [1.29, 1.82) is 0 Å². The van der Waals surface area contributed by atoms with E-state index in [0.717, 1.165) is 4.90 Å². The summed E-state index contributed by atoms with van der Waals surface area (Å²) in [6.07, 6.45) is -1.06. The van der Waals surface area contributed by atoms with E-state index in [9.17, 15) is 32.0 Å². The van der Waals surface area contributed by atoms with Gasteiger partial charge in [-0.3, -0.25) is 38.8 Å². The SMILES string of the molecule is O=C1CCC(N2C(=O)c3ccc(CN4CCC(CS(=O)(=O)O)C(F)C4)cc3C2=O)C(=O)N1. The third-order valence-electron chi connectivity index (χ3n) is 6.10. The molecule has 0 aromatic heterocycles. The number of carbonyl (C=O) groups excluding carboxylic acids is 4. The summed E-state index contributed by atoms with van der Waals surface area (Å²) in [5, 5.41) is 2.14. The first-order chi connectivity index (χ1) is 15.0. The van der Waals surface area contributed by atoms with Crippen LogP contribution >= 0.6 is 0 Å². The maximum Gasteiger partial charge on any atom is 0.265 e. The van der Waals surface area contributed by atoms with Crippen molar-refractivity contribution in [2.24, 2.45) is 5.92 Å². The average molecular weight is 467 g/mol. The minimum absolute atomic E-state index is 0.0213. The number of imide groups is 2. The summed E-state index contributed by atoms with van der Waals surface area (Å²) in [5.41, 5.74) is 0.976. The summed E-state index contributed by atoms with van der Waals surface area (Å²) in [4.78, 5) is 51.8. The topological polar surface area (TPSA) is 141 Å². The molecule has 4 amide bonds. The molecule has 2 fully saturated rings. The lowest BCUT2D eigenvalue weighted by molar-refractivity contribution is -0.136. The molecular formula is C20H22FN3O7S. The number of hydrogen-bond acceptors (Lipinski definition) is 7. The van der Waals surface area contributed by atoms with Crippen molar-refractivity contribution < 1.29 is 36.5 Å². The Labute approximate surface area is 183 Å². The number of amides is 4. The van der Waals surface area contributed by atoms with Crippen molar-refractivity contribution in [2.45, 2.75) is 38.0 Å². The number of rotatable bonds is 5. The molecule has 0 bridgehead atoms. The second-order valence-corrected chi connectivity index (χ2v) is 9.87. The monoisotopic (exact) mass is 467 g/mol. The molecule has 3 unspecified atom stereocenters. The number of likely N-dealkylation sites (tertiary alicyclic amines) is 1. The van der Waals surface area contributed by atoms with E-state index in [-0.39, 0.29) is 43.5 Å². The molecule has 2 saturated heterocycles. The Morgan fingerprint density at radius 1 is 1.09 bits per heavy atom. The Morgan fingerprint density at radius 3 is 2.47 bits per heavy atom. The van der Waals surface area contributed by atoms with E-state index < -0.39 is 57.6 Å². The number of hydrogen-bond donors (Lipinski definition) is 2. The fraction of sp³-hybridized carbons (Fsp3) is 0.500. The van der Waals surface area contributed by atoms with Gasteiger partial charge >= 0.3 is 0 Å². The van der Waals surface area contributed by atoms with Gasteiger partial charge < -0.3 is 0 Å². The number of benzene rings is 1. The standard InChI is InChI=1S/C20H22FN3O7S/c21-15-9-23(6-5-12(15)10-32(29,30)31)8-11-1-2-13-14(7-11)20(28)24(19(13)27)16-3-4-17(25)22-18(16)26/h1-2,7,12,15-16H,3-6,8-10H2,(H,22,25,26)(H,29,30,31). The molecule has 172 valence electrons. The lowest BCUT2D eigenvalue weighted by Crippen LogP contribution is -2.54. The summed E-state index contributed by atoms with van der Waals surface area (Å²) in [6, 6.07) is 3.64. The number of carbonyl (C=O) groups is 4. The molecule has 32 heavy (non-hydrogen) atoms. The molecule has 4 rings (SSSR count). The molecular weight excluding hydrogens is 445 g/mol. The van der Waals surface area contributed by atoms with Crippen LogP contribution in [0.1, 0.15) is 45.5 Å². The van der Waals surface area contributed by atoms with Crippen molar-refractivity contribution in [1.82, 2.24) is 15.1 Å². The number of halogens is 1. The Kier molecular flexibility index (Phi) is 5.86. The zero-order chi connectivity index (χ0) is 23.2. The predicted molar refractivity (Wildman–Crippen MR) is 108 cm³/mol. The Morgan fingerprint density at radius 2 is 1.81 bits per heavy atom. The smallest absolute Gasteiger partial charge is 0.265 e. The molecule has 0 radical (unpaired) electrons. The van der Waals surface area contributed by atoms with Crippen LogP contribution in [0.4, 0.5) is 4.39 Å². The van der Waals surface area contributed by atoms with Gasteiger partial charge in [-0.15, -0.1) is 0 Å². The Balaban J connectivity index is 1.45. The van der Waals surface area contributed by atoms with Crippen LogP contribution in [0.25, 0.3) is 0 Å². The van der Waals surface area contributed by atoms with Crippen LogP contribution in [-0.4, -0.2) is 77.5 Å². The van der Waals surface area contributed by atoms with Gasteiger partial charge in [0.05, 0.1) is 16.9 Å². The number of alkyl halides is 1. The van der Waals surface area contributed by atoms with Crippen LogP contribution in [0.3, 0.4) is 0 Å². The van der Waals surface area contributed by atoms with Crippen molar-refractivity contribution in [3.63, 3.8) is 0 Å². The summed E-state index contributed by atoms with van der Waals surface area (Å²) >= 11 is 0. The summed E-state index contributed by atoms with van der Waals surface area (Å²) in [6.45, 7) is 0.672. The fourth-order valence-corrected chi connectivity index (χ4v) is 5.41. The van der Waals surface area contributed by atoms with Gasteiger partial charge in [-0.2, -0.15) is 8.42 Å². The number of piperidine rings is 2. The van der Waals surface area contributed by atoms with E-state index >= 15 is 0 Å². The summed E-state index contributed by atoms with van der Waals surface area (Å²) in [7, 11) is -4.25. The highest BCUT2D eigenvalue weighted by Gasteiger charge is 2.44. The second-order valence-electron chi connectivity index (χ2n) is 8.38. The first kappa shape index (κ1) is 22.5. The second kappa shape index (κ2) is 8.34. The lowest BCUT2D eigenvalue weighted by Gasteiger charge is -2.34. The van der Waals surface area contributed by atoms with Gasteiger partial charge in [0.15, 0.2) is 0 Å². The predicted octanol–water partition coefficient (Wildman–Crippen LogP) is 0.136. The fourth-order valence-electron chi connectivity index (χ4n) is 4.49. The van der Waals surface area contributed by atoms with Gasteiger partial charge in [0.25, 0.3) is 21.9 Å². The summed E-state index contributed by atoms with van der Waals surface area (Å²) in [5.74, 6) is -3.73. The largest absolute Gasteiger partial charge is 0.296 e. The zero-order valence-electron chi connectivity index (χ0n) is 17.0. The third kappa shape index (κ3) is 4.43. The van der Waals surface area contributed by atoms with E-state index in [2.05, 4.69) is 5.32 Å². The van der Waals surface area contributed by atoms with Crippen molar-refractivity contribution in [2.75, 3.05) is 18.8 Å². The summed E-state index contributed by atoms with van der Waals surface area (Å²) < 4.78 is 45.4. The molecule has 0 spiro atoms. The third-order valence-corrected chi connectivity index (χ3v) is 6.94. The molecule has 3 aliphatic rings. The molecule has 3 heterocycles. The highest BCUT2D eigenvalue weighted by atomic mass is 32.2. The number of nitrogens with one attached hydrogen (secondary N) is 1. The van der Waals surface area contributed by atoms with E-state index in [4.69, 9.17) is 4.55 Å². The minimum Gasteiger partial charge on any atom is -0.296 e. The zero-order valence-corrected chi connectivity index (χ0v) is 17.8. The molecule has 3 atom stereocenters. The van der Waals surface area contributed by atoms with Gasteiger partial charge in [-0.1, -0.05) is 6.07 Å². The quantitative estimate of drug-likeness (QED) is 0.460. The maximum absolute atomic E-state index is 14.4. The van der Waals surface area contributed by atoms with E-state index in [1.54, 1.807) is 17.0 Å². The molecule has 3 aliphatic heterocycles. The average Bonchev–Trinajstić information content (AvgIpc) is 2.94. The molecule has 0 saturated carbocycles. The molecule has 12 heteroatoms. The van der Waals surface area contributed by atoms with Crippen LogP contribution in [0.15, 0.2) is 18.2 Å².